The van der Waals surface area contributed by atoms with Crippen LogP contribution in [0.5, 0.6) is 0 Å². The van der Waals surface area contributed by atoms with Crippen molar-refractivity contribution in [2.75, 3.05) is 11.9 Å². The normalized spacial score (nSPS) is 10.3. The number of carbonyl (C=O) groups is 3. The zero-order valence-corrected chi connectivity index (χ0v) is 13.0. The Balaban J connectivity index is 2.71. The van der Waals surface area contributed by atoms with Crippen LogP contribution in [-0.4, -0.2) is 32.8 Å². The summed E-state index contributed by atoms with van der Waals surface area (Å²) in [6.07, 6.45) is 4.10. The van der Waals surface area contributed by atoms with E-state index in [1.165, 1.54) is 31.2 Å². The molecule has 23 heavy (non-hydrogen) atoms. The van der Waals surface area contributed by atoms with Crippen LogP contribution in [0.25, 0.3) is 0 Å². The van der Waals surface area contributed by atoms with Crippen molar-refractivity contribution < 1.29 is 27.5 Å². The first kappa shape index (κ1) is 18.2. The van der Waals surface area contributed by atoms with Crippen LogP contribution in [0.2, 0.25) is 0 Å². The smallest absolute Gasteiger partial charge is 0.316 e. The van der Waals surface area contributed by atoms with Crippen LogP contribution in [-0.2, 0) is 29.1 Å². The van der Waals surface area contributed by atoms with Gasteiger partial charge in [0.1, 0.15) is 6.42 Å². The van der Waals surface area contributed by atoms with Gasteiger partial charge in [-0.25, -0.2) is 13.1 Å². The molecule has 2 N–H and O–H groups in total. The summed E-state index contributed by atoms with van der Waals surface area (Å²) in [4.78, 5) is 33.4. The van der Waals surface area contributed by atoms with Crippen molar-refractivity contribution in [1.29, 1.82) is 0 Å². The Bertz CT molecular complexity index is 746. The Morgan fingerprint density at radius 2 is 1.83 bits per heavy atom. The molecule has 0 aromatic heterocycles. The van der Waals surface area contributed by atoms with Crippen LogP contribution in [0.3, 0.4) is 0 Å². The number of hydrogen-bond acceptors (Lipinski definition) is 6. The first-order chi connectivity index (χ1) is 10.7. The fourth-order valence-electron chi connectivity index (χ4n) is 1.47. The van der Waals surface area contributed by atoms with Gasteiger partial charge in [0.05, 0.1) is 4.90 Å². The summed E-state index contributed by atoms with van der Waals surface area (Å²) in [5, 5.41) is 2.47. The maximum atomic E-state index is 12.0. The molecule has 0 heterocycles. The Hall–Kier alpha value is -2.86. The molecule has 0 bridgehead atoms. The lowest BCUT2D eigenvalue weighted by Gasteiger charge is -2.08. The van der Waals surface area contributed by atoms with Gasteiger partial charge in [-0.05, 0) is 24.3 Å². The summed E-state index contributed by atoms with van der Waals surface area (Å²) in [6.45, 7) is 1.01. The van der Waals surface area contributed by atoms with E-state index in [9.17, 15) is 22.8 Å². The number of benzene rings is 1. The molecular formula is C14H14N2O6S. The predicted octanol–water partition coefficient (Wildman–Crippen LogP) is 0.0164. The minimum Gasteiger partial charge on any atom is -0.452 e. The predicted molar refractivity (Wildman–Crippen MR) is 80.5 cm³/mol. The molecule has 0 atom stereocenters. The largest absolute Gasteiger partial charge is 0.452 e. The lowest BCUT2D eigenvalue weighted by atomic mass is 10.3. The van der Waals surface area contributed by atoms with E-state index in [1.807, 2.05) is 5.92 Å². The van der Waals surface area contributed by atoms with Gasteiger partial charge in [-0.15, -0.1) is 6.42 Å². The van der Waals surface area contributed by atoms with Crippen LogP contribution < -0.4 is 10.0 Å². The first-order valence-corrected chi connectivity index (χ1v) is 7.75. The second-order valence-electron chi connectivity index (χ2n) is 4.28. The van der Waals surface area contributed by atoms with Gasteiger partial charge in [0, 0.05) is 12.6 Å². The van der Waals surface area contributed by atoms with Crippen molar-refractivity contribution in [1.82, 2.24) is 4.72 Å². The minimum atomic E-state index is -4.13. The van der Waals surface area contributed by atoms with Crippen molar-refractivity contribution in [3.63, 3.8) is 0 Å². The zero-order valence-electron chi connectivity index (χ0n) is 12.2. The van der Waals surface area contributed by atoms with E-state index >= 15 is 0 Å². The number of ether oxygens (including phenoxy) is 1. The van der Waals surface area contributed by atoms with Gasteiger partial charge in [0.25, 0.3) is 10.0 Å². The number of nitrogens with one attached hydrogen (secondary N) is 2. The molecule has 1 rings (SSSR count). The summed E-state index contributed by atoms with van der Waals surface area (Å²) >= 11 is 0. The Kier molecular flexibility index (Phi) is 6.29. The minimum absolute atomic E-state index is 0.197. The molecule has 0 aliphatic carbocycles. The van der Waals surface area contributed by atoms with Crippen molar-refractivity contribution >= 4 is 33.5 Å². The molecule has 0 radical (unpaired) electrons. The van der Waals surface area contributed by atoms with E-state index in [0.717, 1.165) is 0 Å². The Morgan fingerprint density at radius 3 is 2.35 bits per heavy atom. The van der Waals surface area contributed by atoms with E-state index in [1.54, 1.807) is 4.72 Å². The third-order valence-corrected chi connectivity index (χ3v) is 3.74. The van der Waals surface area contributed by atoms with Gasteiger partial charge in [-0.1, -0.05) is 5.92 Å². The van der Waals surface area contributed by atoms with Crippen molar-refractivity contribution in [2.24, 2.45) is 0 Å². The number of anilines is 1. The van der Waals surface area contributed by atoms with E-state index in [-0.39, 0.29) is 17.4 Å². The molecule has 8 nitrogen and oxygen atoms in total. The quantitative estimate of drug-likeness (QED) is 0.429. The number of esters is 1. The van der Waals surface area contributed by atoms with Gasteiger partial charge in [0.15, 0.2) is 6.61 Å². The number of rotatable bonds is 6. The van der Waals surface area contributed by atoms with E-state index in [4.69, 9.17) is 6.42 Å². The monoisotopic (exact) mass is 338 g/mol. The number of sulfonamides is 1. The molecule has 0 aliphatic heterocycles. The standard InChI is InChI=1S/C14H14N2O6S/c1-3-8-22-14(19)9-13(18)16-23(20,21)12-6-4-11(5-7-12)15-10(2)17/h1,4-7H,8-9H2,2H3,(H,15,17)(H,16,18). The van der Waals surface area contributed by atoms with E-state index in [2.05, 4.69) is 10.1 Å². The highest BCUT2D eigenvalue weighted by atomic mass is 32.2. The lowest BCUT2D eigenvalue weighted by molar-refractivity contribution is -0.144. The highest BCUT2D eigenvalue weighted by molar-refractivity contribution is 7.90. The molecule has 0 saturated heterocycles. The molecule has 0 fully saturated rings. The fraction of sp³-hybridized carbons (Fsp3) is 0.214. The number of terminal acetylenes is 1. The molecular weight excluding hydrogens is 324 g/mol. The third kappa shape index (κ3) is 6.19. The highest BCUT2D eigenvalue weighted by Gasteiger charge is 2.20. The molecule has 9 heteroatoms. The molecule has 2 amide bonds. The van der Waals surface area contributed by atoms with Crippen molar-refractivity contribution in [2.45, 2.75) is 18.2 Å². The maximum Gasteiger partial charge on any atom is 0.316 e. The lowest BCUT2D eigenvalue weighted by Crippen LogP contribution is -2.32. The number of carbonyl (C=O) groups excluding carboxylic acids is 3. The summed E-state index contributed by atoms with van der Waals surface area (Å²) in [7, 11) is -4.13. The molecule has 0 unspecified atom stereocenters. The van der Waals surface area contributed by atoms with Crippen LogP contribution in [0, 0.1) is 12.3 Å². The second-order valence-corrected chi connectivity index (χ2v) is 5.96. The van der Waals surface area contributed by atoms with Gasteiger partial charge in [0.2, 0.25) is 11.8 Å². The third-order valence-electron chi connectivity index (χ3n) is 2.35. The van der Waals surface area contributed by atoms with Crippen LogP contribution in [0.4, 0.5) is 5.69 Å². The molecule has 0 aliphatic rings. The molecule has 0 saturated carbocycles. The van der Waals surface area contributed by atoms with E-state index in [0.29, 0.717) is 5.69 Å². The average Bonchev–Trinajstić information content (AvgIpc) is 2.44. The first-order valence-electron chi connectivity index (χ1n) is 6.27. The van der Waals surface area contributed by atoms with Crippen LogP contribution in [0.1, 0.15) is 13.3 Å². The summed E-state index contributed by atoms with van der Waals surface area (Å²) < 4.78 is 30.1. The van der Waals surface area contributed by atoms with Crippen LogP contribution in [0.15, 0.2) is 29.2 Å². The SMILES string of the molecule is C#CCOC(=O)CC(=O)NS(=O)(=O)c1ccc(NC(C)=O)cc1. The van der Waals surface area contributed by atoms with E-state index < -0.39 is 28.3 Å². The maximum absolute atomic E-state index is 12.0. The zero-order chi connectivity index (χ0) is 17.5. The summed E-state index contributed by atoms with van der Waals surface area (Å²) in [6, 6.07) is 5.14. The number of amides is 2. The molecule has 122 valence electrons. The second kappa shape index (κ2) is 7.95. The summed E-state index contributed by atoms with van der Waals surface area (Å²) in [5.74, 6) is -0.242. The number of hydrogen-bond donors (Lipinski definition) is 2. The van der Waals surface area contributed by atoms with Gasteiger partial charge in [-0.3, -0.25) is 14.4 Å². The van der Waals surface area contributed by atoms with Crippen molar-refractivity contribution in [3.8, 4) is 12.3 Å². The average molecular weight is 338 g/mol. The topological polar surface area (TPSA) is 119 Å². The van der Waals surface area contributed by atoms with Gasteiger partial charge in [-0.2, -0.15) is 0 Å². The van der Waals surface area contributed by atoms with Crippen LogP contribution >= 0.6 is 0 Å². The summed E-state index contributed by atoms with van der Waals surface area (Å²) in [5.41, 5.74) is 0.403. The Morgan fingerprint density at radius 1 is 1.22 bits per heavy atom. The Labute approximate surface area is 133 Å². The highest BCUT2D eigenvalue weighted by Crippen LogP contribution is 2.14. The molecule has 1 aromatic carbocycles. The fourth-order valence-corrected chi connectivity index (χ4v) is 2.45. The van der Waals surface area contributed by atoms with Gasteiger partial charge >= 0.3 is 5.97 Å². The molecule has 0 spiro atoms. The van der Waals surface area contributed by atoms with Gasteiger partial charge < -0.3 is 10.1 Å². The van der Waals surface area contributed by atoms with Crippen molar-refractivity contribution in [3.05, 3.63) is 24.3 Å². The molecule has 1 aromatic rings.